The summed E-state index contributed by atoms with van der Waals surface area (Å²) in [6.45, 7) is 6.86. The minimum Gasteiger partial charge on any atom is -0.495 e. The number of benzene rings is 1. The standard InChI is InChI=1S/C18H26N4O3/c1-5-22(11-14(3)9-19)12-18(24)20-10-17(23)21-15-8-13(2)6-7-16(15)25-4/h6-8,14H,5,10-12H2,1-4H3,(H,20,24)(H,21,23). The van der Waals surface area contributed by atoms with Crippen LogP contribution < -0.4 is 15.4 Å². The largest absolute Gasteiger partial charge is 0.495 e. The van der Waals surface area contributed by atoms with Crippen LogP contribution in [0, 0.1) is 24.2 Å². The van der Waals surface area contributed by atoms with Crippen LogP contribution in [0.15, 0.2) is 18.2 Å². The van der Waals surface area contributed by atoms with E-state index in [4.69, 9.17) is 10.00 Å². The number of carbonyl (C=O) groups excluding carboxylic acids is 2. The molecule has 2 N–H and O–H groups in total. The van der Waals surface area contributed by atoms with Crippen molar-refractivity contribution in [1.82, 2.24) is 10.2 Å². The zero-order valence-corrected chi connectivity index (χ0v) is 15.3. The van der Waals surface area contributed by atoms with Crippen LogP contribution in [0.2, 0.25) is 0 Å². The molecule has 0 aliphatic rings. The van der Waals surface area contributed by atoms with Gasteiger partial charge in [0, 0.05) is 6.54 Å². The average molecular weight is 346 g/mol. The Morgan fingerprint density at radius 1 is 1.36 bits per heavy atom. The number of nitrogens with zero attached hydrogens (tertiary/aromatic N) is 2. The summed E-state index contributed by atoms with van der Waals surface area (Å²) in [5, 5.41) is 14.2. The summed E-state index contributed by atoms with van der Waals surface area (Å²) >= 11 is 0. The summed E-state index contributed by atoms with van der Waals surface area (Å²) in [5.74, 6) is -0.165. The van der Waals surface area contributed by atoms with Crippen LogP contribution in [0.25, 0.3) is 0 Å². The third-order valence-corrected chi connectivity index (χ3v) is 3.64. The SMILES string of the molecule is CCN(CC(=O)NCC(=O)Nc1cc(C)ccc1OC)CC(C)C#N. The lowest BCUT2D eigenvalue weighted by atomic mass is 10.2. The molecule has 7 nitrogen and oxygen atoms in total. The molecular weight excluding hydrogens is 320 g/mol. The first-order chi connectivity index (χ1) is 11.9. The third-order valence-electron chi connectivity index (χ3n) is 3.64. The number of aryl methyl sites for hydroxylation is 1. The molecule has 0 fully saturated rings. The van der Waals surface area contributed by atoms with Gasteiger partial charge in [0.25, 0.3) is 0 Å². The molecule has 0 spiro atoms. The molecule has 25 heavy (non-hydrogen) atoms. The van der Waals surface area contributed by atoms with Crippen LogP contribution in [0.3, 0.4) is 0 Å². The molecule has 1 aromatic carbocycles. The van der Waals surface area contributed by atoms with Gasteiger partial charge in [-0.3, -0.25) is 14.5 Å². The van der Waals surface area contributed by atoms with Crippen LogP contribution in [-0.2, 0) is 9.59 Å². The van der Waals surface area contributed by atoms with E-state index < -0.39 is 0 Å². The second-order valence-corrected chi connectivity index (χ2v) is 5.89. The second-order valence-electron chi connectivity index (χ2n) is 5.89. The molecule has 0 saturated heterocycles. The Hall–Kier alpha value is -2.59. The van der Waals surface area contributed by atoms with Crippen molar-refractivity contribution in [3.8, 4) is 11.8 Å². The predicted molar refractivity (Wildman–Crippen MR) is 96.3 cm³/mol. The molecule has 136 valence electrons. The van der Waals surface area contributed by atoms with Crippen LogP contribution in [0.5, 0.6) is 5.75 Å². The molecule has 0 bridgehead atoms. The monoisotopic (exact) mass is 346 g/mol. The highest BCUT2D eigenvalue weighted by atomic mass is 16.5. The van der Waals surface area contributed by atoms with Gasteiger partial charge in [0.2, 0.25) is 11.8 Å². The highest BCUT2D eigenvalue weighted by molar-refractivity contribution is 5.96. The Balaban J connectivity index is 2.49. The van der Waals surface area contributed by atoms with E-state index in [-0.39, 0.29) is 30.8 Å². The van der Waals surface area contributed by atoms with Crippen molar-refractivity contribution in [2.45, 2.75) is 20.8 Å². The van der Waals surface area contributed by atoms with Crippen molar-refractivity contribution in [2.24, 2.45) is 5.92 Å². The number of nitrogens with one attached hydrogen (secondary N) is 2. The Morgan fingerprint density at radius 2 is 2.08 bits per heavy atom. The maximum absolute atomic E-state index is 12.0. The first kappa shape index (κ1) is 20.5. The van der Waals surface area contributed by atoms with E-state index in [0.29, 0.717) is 24.5 Å². The molecule has 0 aliphatic heterocycles. The summed E-state index contributed by atoms with van der Waals surface area (Å²) in [7, 11) is 1.53. The van der Waals surface area contributed by atoms with Crippen molar-refractivity contribution in [3.63, 3.8) is 0 Å². The Kier molecular flexibility index (Phi) is 8.44. The lowest BCUT2D eigenvalue weighted by Crippen LogP contribution is -2.41. The smallest absolute Gasteiger partial charge is 0.243 e. The maximum atomic E-state index is 12.0. The van der Waals surface area contributed by atoms with E-state index >= 15 is 0 Å². The van der Waals surface area contributed by atoms with Crippen LogP contribution in [-0.4, -0.2) is 50.0 Å². The molecule has 0 heterocycles. The molecule has 1 atom stereocenters. The van der Waals surface area contributed by atoms with Gasteiger partial charge < -0.3 is 15.4 Å². The van der Waals surface area contributed by atoms with Crippen LogP contribution in [0.1, 0.15) is 19.4 Å². The number of amides is 2. The van der Waals surface area contributed by atoms with Gasteiger partial charge in [-0.1, -0.05) is 13.0 Å². The number of carbonyl (C=O) groups is 2. The molecule has 1 rings (SSSR count). The molecule has 1 aromatic rings. The van der Waals surface area contributed by atoms with Crippen molar-refractivity contribution >= 4 is 17.5 Å². The Labute approximate surface area is 148 Å². The van der Waals surface area contributed by atoms with E-state index in [0.717, 1.165) is 5.56 Å². The van der Waals surface area contributed by atoms with Gasteiger partial charge in [-0.25, -0.2) is 0 Å². The number of ether oxygens (including phenoxy) is 1. The van der Waals surface area contributed by atoms with Gasteiger partial charge in [0.15, 0.2) is 0 Å². The molecule has 1 unspecified atom stereocenters. The summed E-state index contributed by atoms with van der Waals surface area (Å²) in [6, 6.07) is 7.62. The molecule has 2 amide bonds. The molecule has 0 saturated carbocycles. The molecule has 0 aromatic heterocycles. The van der Waals surface area contributed by atoms with Crippen molar-refractivity contribution < 1.29 is 14.3 Å². The minimum absolute atomic E-state index is 0.124. The summed E-state index contributed by atoms with van der Waals surface area (Å²) in [4.78, 5) is 25.9. The zero-order valence-electron chi connectivity index (χ0n) is 15.3. The number of nitriles is 1. The summed E-state index contributed by atoms with van der Waals surface area (Å²) < 4.78 is 5.21. The normalized spacial score (nSPS) is 11.5. The van der Waals surface area contributed by atoms with Gasteiger partial charge in [0.1, 0.15) is 5.75 Å². The van der Waals surface area contributed by atoms with Gasteiger partial charge in [0.05, 0.1) is 37.9 Å². The summed E-state index contributed by atoms with van der Waals surface area (Å²) in [6.07, 6.45) is 0. The first-order valence-electron chi connectivity index (χ1n) is 8.22. The number of rotatable bonds is 9. The van der Waals surface area contributed by atoms with Gasteiger partial charge in [-0.05, 0) is 38.1 Å². The fourth-order valence-corrected chi connectivity index (χ4v) is 2.29. The zero-order chi connectivity index (χ0) is 18.8. The van der Waals surface area contributed by atoms with Crippen molar-refractivity contribution in [2.75, 3.05) is 38.6 Å². The van der Waals surface area contributed by atoms with E-state index in [2.05, 4.69) is 16.7 Å². The van der Waals surface area contributed by atoms with Gasteiger partial charge >= 0.3 is 0 Å². The fourth-order valence-electron chi connectivity index (χ4n) is 2.29. The number of hydrogen-bond donors (Lipinski definition) is 2. The molecule has 0 radical (unpaired) electrons. The minimum atomic E-state index is -0.328. The van der Waals surface area contributed by atoms with Gasteiger partial charge in [-0.2, -0.15) is 5.26 Å². The Bertz CT molecular complexity index is 640. The Morgan fingerprint density at radius 3 is 2.68 bits per heavy atom. The third kappa shape index (κ3) is 7.23. The number of hydrogen-bond acceptors (Lipinski definition) is 5. The molecule has 7 heteroatoms. The maximum Gasteiger partial charge on any atom is 0.243 e. The van der Waals surface area contributed by atoms with Gasteiger partial charge in [-0.15, -0.1) is 0 Å². The first-order valence-corrected chi connectivity index (χ1v) is 8.22. The molecular formula is C18H26N4O3. The quantitative estimate of drug-likeness (QED) is 0.707. The number of anilines is 1. The highest BCUT2D eigenvalue weighted by Gasteiger charge is 2.14. The number of likely N-dealkylation sites (N-methyl/N-ethyl adjacent to an activating group) is 1. The van der Waals surface area contributed by atoms with Crippen molar-refractivity contribution in [3.05, 3.63) is 23.8 Å². The number of methoxy groups -OCH3 is 1. The predicted octanol–water partition coefficient (Wildman–Crippen LogP) is 1.54. The highest BCUT2D eigenvalue weighted by Crippen LogP contribution is 2.24. The van der Waals surface area contributed by atoms with E-state index in [1.807, 2.05) is 31.7 Å². The average Bonchev–Trinajstić information content (AvgIpc) is 2.59. The van der Waals surface area contributed by atoms with E-state index in [1.165, 1.54) is 7.11 Å². The molecule has 0 aliphatic carbocycles. The van der Waals surface area contributed by atoms with Crippen LogP contribution >= 0.6 is 0 Å². The summed E-state index contributed by atoms with van der Waals surface area (Å²) in [5.41, 5.74) is 1.56. The lowest BCUT2D eigenvalue weighted by molar-refractivity contribution is -0.125. The van der Waals surface area contributed by atoms with E-state index in [1.54, 1.807) is 12.1 Å². The van der Waals surface area contributed by atoms with Crippen molar-refractivity contribution in [1.29, 1.82) is 5.26 Å². The second kappa shape index (κ2) is 10.3. The lowest BCUT2D eigenvalue weighted by Gasteiger charge is -2.20. The van der Waals surface area contributed by atoms with E-state index in [9.17, 15) is 9.59 Å². The fraction of sp³-hybridized carbons (Fsp3) is 0.500. The van der Waals surface area contributed by atoms with Crippen LogP contribution in [0.4, 0.5) is 5.69 Å². The topological polar surface area (TPSA) is 94.5 Å².